The molecule has 2 unspecified atom stereocenters. The number of hydrogen-bond donors (Lipinski definition) is 2. The van der Waals surface area contributed by atoms with Gasteiger partial charge >= 0.3 is 6.09 Å². The number of nitrogens with zero attached hydrogens (tertiary/aromatic N) is 5. The maximum Gasteiger partial charge on any atom is 0.407 e. The number of carbonyl (C=O) groups is 5. The van der Waals surface area contributed by atoms with Crippen molar-refractivity contribution in [2.45, 2.75) is 37.4 Å². The number of piperidine rings is 1. The number of imide groups is 1. The summed E-state index contributed by atoms with van der Waals surface area (Å²) in [6.07, 6.45) is 2.12. The quantitative estimate of drug-likeness (QED) is 0.551. The number of cyclic esters (lactones) is 1. The lowest BCUT2D eigenvalue weighted by molar-refractivity contribution is -0.136. The minimum Gasteiger partial charge on any atom is -0.447 e. The summed E-state index contributed by atoms with van der Waals surface area (Å²) in [7, 11) is 0. The highest BCUT2D eigenvalue weighted by Crippen LogP contribution is 2.30. The minimum absolute atomic E-state index is 0.161. The van der Waals surface area contributed by atoms with E-state index in [0.717, 1.165) is 5.56 Å². The Morgan fingerprint density at radius 3 is 2.83 bits per heavy atom. The van der Waals surface area contributed by atoms with Crippen molar-refractivity contribution in [3.05, 3.63) is 41.2 Å². The molecule has 35 heavy (non-hydrogen) atoms. The molecule has 0 saturated carbocycles. The molecule has 13 nitrogen and oxygen atoms in total. The summed E-state index contributed by atoms with van der Waals surface area (Å²) in [5.74, 6) is -1.36. The summed E-state index contributed by atoms with van der Waals surface area (Å²) in [6.45, 7) is 1.26. The van der Waals surface area contributed by atoms with Gasteiger partial charge in [0.15, 0.2) is 5.69 Å². The third-order valence-corrected chi connectivity index (χ3v) is 6.97. The lowest BCUT2D eigenvalue weighted by atomic mass is 10.0. The average Bonchev–Trinajstić information content (AvgIpc) is 3.61. The smallest absolute Gasteiger partial charge is 0.407 e. The van der Waals surface area contributed by atoms with Gasteiger partial charge in [-0.1, -0.05) is 5.21 Å². The van der Waals surface area contributed by atoms with Crippen LogP contribution in [0.5, 0.6) is 0 Å². The number of amides is 5. The van der Waals surface area contributed by atoms with Crippen LogP contribution < -0.4 is 10.6 Å². The molecular weight excluding hydrogens is 458 g/mol. The number of rotatable bonds is 3. The molecule has 1 spiro atoms. The molecule has 5 heterocycles. The van der Waals surface area contributed by atoms with Crippen molar-refractivity contribution in [3.63, 3.8) is 0 Å². The van der Waals surface area contributed by atoms with Crippen LogP contribution in [0.25, 0.3) is 5.69 Å². The second kappa shape index (κ2) is 7.61. The van der Waals surface area contributed by atoms with Crippen LogP contribution in [0.4, 0.5) is 4.79 Å². The molecule has 180 valence electrons. The van der Waals surface area contributed by atoms with Crippen LogP contribution in [-0.2, 0) is 20.9 Å². The molecule has 13 heteroatoms. The van der Waals surface area contributed by atoms with Crippen molar-refractivity contribution < 1.29 is 28.7 Å². The van der Waals surface area contributed by atoms with Gasteiger partial charge in [0.2, 0.25) is 11.8 Å². The molecule has 2 N–H and O–H groups in total. The molecule has 2 atom stereocenters. The molecule has 1 aromatic carbocycles. The number of nitrogens with one attached hydrogen (secondary N) is 2. The fraction of sp³-hybridized carbons (Fsp3) is 0.409. The van der Waals surface area contributed by atoms with Gasteiger partial charge < -0.3 is 19.9 Å². The van der Waals surface area contributed by atoms with Gasteiger partial charge in [0, 0.05) is 31.6 Å². The zero-order chi connectivity index (χ0) is 24.3. The van der Waals surface area contributed by atoms with Crippen molar-refractivity contribution in [2.24, 2.45) is 0 Å². The van der Waals surface area contributed by atoms with Gasteiger partial charge in [-0.15, -0.1) is 5.10 Å². The number of ether oxygens (including phenoxy) is 1. The molecule has 1 aromatic heterocycles. The molecule has 4 aliphatic heterocycles. The second-order valence-electron chi connectivity index (χ2n) is 9.25. The van der Waals surface area contributed by atoms with Crippen LogP contribution in [0.15, 0.2) is 24.4 Å². The maximum atomic E-state index is 13.0. The Bertz CT molecular complexity index is 1300. The van der Waals surface area contributed by atoms with Crippen LogP contribution in [0.3, 0.4) is 0 Å². The summed E-state index contributed by atoms with van der Waals surface area (Å²) in [4.78, 5) is 64.0. The molecule has 0 aliphatic carbocycles. The Morgan fingerprint density at radius 1 is 1.20 bits per heavy atom. The molecular formula is C22H21N7O6. The van der Waals surface area contributed by atoms with E-state index in [2.05, 4.69) is 20.9 Å². The summed E-state index contributed by atoms with van der Waals surface area (Å²) in [5.41, 5.74) is 1.43. The highest BCUT2D eigenvalue weighted by atomic mass is 16.6. The number of carbonyl (C=O) groups excluding carboxylic acids is 5. The van der Waals surface area contributed by atoms with E-state index < -0.39 is 23.6 Å². The van der Waals surface area contributed by atoms with Gasteiger partial charge in [0.25, 0.3) is 11.8 Å². The van der Waals surface area contributed by atoms with E-state index >= 15 is 0 Å². The van der Waals surface area contributed by atoms with E-state index in [9.17, 15) is 24.0 Å². The zero-order valence-electron chi connectivity index (χ0n) is 18.5. The van der Waals surface area contributed by atoms with E-state index in [4.69, 9.17) is 4.74 Å². The number of likely N-dealkylation sites (tertiary alicyclic amines) is 1. The highest BCUT2D eigenvalue weighted by molar-refractivity contribution is 6.05. The predicted octanol–water partition coefficient (Wildman–Crippen LogP) is -0.647. The SMILES string of the molecule is O=C1CCC(N2Cc3cc(-n4cc(C(=O)N5CCC6(COC(=O)N6)C5)nn4)ccc3C2=O)C(=O)N1. The van der Waals surface area contributed by atoms with Gasteiger partial charge in [0.05, 0.1) is 17.4 Å². The molecule has 6 rings (SSSR count). The molecule has 0 bridgehead atoms. The summed E-state index contributed by atoms with van der Waals surface area (Å²) in [5, 5.41) is 13.2. The summed E-state index contributed by atoms with van der Waals surface area (Å²) in [6, 6.07) is 4.45. The number of benzene rings is 1. The van der Waals surface area contributed by atoms with Crippen LogP contribution in [0, 0.1) is 0 Å². The van der Waals surface area contributed by atoms with Gasteiger partial charge in [0.1, 0.15) is 12.6 Å². The normalized spacial score (nSPS) is 25.7. The van der Waals surface area contributed by atoms with Crippen molar-refractivity contribution in [2.75, 3.05) is 19.7 Å². The van der Waals surface area contributed by atoms with Gasteiger partial charge in [-0.3, -0.25) is 24.5 Å². The number of aromatic nitrogens is 3. The van der Waals surface area contributed by atoms with Gasteiger partial charge in [-0.05, 0) is 36.6 Å². The standard InChI is InChI=1S/C22H21N7O6/c30-17-4-3-16(18(31)23-17)28-8-12-7-13(1-2-14(12)19(28)32)29-9-15(25-26-29)20(33)27-6-5-22(10-27)11-35-21(34)24-22/h1-2,7,9,16H,3-6,8,10-11H2,(H,24,34)(H,23,30,31). The zero-order valence-corrected chi connectivity index (χ0v) is 18.5. The first-order chi connectivity index (χ1) is 16.8. The van der Waals surface area contributed by atoms with E-state index in [1.807, 2.05) is 0 Å². The Balaban J connectivity index is 1.18. The topological polar surface area (TPSA) is 156 Å². The number of alkyl carbamates (subject to hydrolysis) is 1. The second-order valence-corrected chi connectivity index (χ2v) is 9.25. The largest absolute Gasteiger partial charge is 0.447 e. The molecule has 0 radical (unpaired) electrons. The van der Waals surface area contributed by atoms with E-state index in [1.54, 1.807) is 23.1 Å². The summed E-state index contributed by atoms with van der Waals surface area (Å²) < 4.78 is 6.46. The first kappa shape index (κ1) is 21.3. The van der Waals surface area contributed by atoms with Crippen LogP contribution >= 0.6 is 0 Å². The van der Waals surface area contributed by atoms with Crippen molar-refractivity contribution in [3.8, 4) is 5.69 Å². The third-order valence-electron chi connectivity index (χ3n) is 6.97. The molecule has 5 amide bonds. The molecule has 4 aliphatic rings. The Morgan fingerprint density at radius 2 is 2.06 bits per heavy atom. The minimum atomic E-state index is -0.689. The Kier molecular flexibility index (Phi) is 4.62. The lowest BCUT2D eigenvalue weighted by Crippen LogP contribution is -2.52. The van der Waals surface area contributed by atoms with Crippen LogP contribution in [0.2, 0.25) is 0 Å². The Hall–Kier alpha value is -4.29. The van der Waals surface area contributed by atoms with Crippen LogP contribution in [0.1, 0.15) is 45.7 Å². The van der Waals surface area contributed by atoms with Crippen molar-refractivity contribution in [1.82, 2.24) is 35.4 Å². The lowest BCUT2D eigenvalue weighted by Gasteiger charge is -2.29. The van der Waals surface area contributed by atoms with E-state index in [1.165, 1.54) is 15.8 Å². The molecule has 2 aromatic rings. The maximum absolute atomic E-state index is 13.0. The fourth-order valence-electron chi connectivity index (χ4n) is 5.11. The van der Waals surface area contributed by atoms with E-state index in [-0.39, 0.29) is 43.0 Å². The fourth-order valence-corrected chi connectivity index (χ4v) is 5.11. The predicted molar refractivity (Wildman–Crippen MR) is 115 cm³/mol. The summed E-state index contributed by atoms with van der Waals surface area (Å²) >= 11 is 0. The van der Waals surface area contributed by atoms with Gasteiger partial charge in [-0.25, -0.2) is 9.48 Å². The monoisotopic (exact) mass is 479 g/mol. The van der Waals surface area contributed by atoms with Crippen molar-refractivity contribution >= 4 is 29.7 Å². The number of fused-ring (bicyclic) bond motifs is 1. The molecule has 3 fully saturated rings. The first-order valence-corrected chi connectivity index (χ1v) is 11.3. The van der Waals surface area contributed by atoms with Gasteiger partial charge in [-0.2, -0.15) is 0 Å². The Labute approximate surface area is 198 Å². The van der Waals surface area contributed by atoms with E-state index in [0.29, 0.717) is 37.2 Å². The van der Waals surface area contributed by atoms with Crippen LogP contribution in [-0.4, -0.2) is 85.8 Å². The third kappa shape index (κ3) is 3.50. The average molecular weight is 479 g/mol. The number of hydrogen-bond acceptors (Lipinski definition) is 8. The first-order valence-electron chi connectivity index (χ1n) is 11.3. The van der Waals surface area contributed by atoms with Crippen molar-refractivity contribution in [1.29, 1.82) is 0 Å². The molecule has 3 saturated heterocycles. The highest BCUT2D eigenvalue weighted by Gasteiger charge is 2.47.